The number of hydrogen-bond acceptors (Lipinski definition) is 7. The molecule has 0 radical (unpaired) electrons. The van der Waals surface area contributed by atoms with Crippen LogP contribution in [0.25, 0.3) is 0 Å². The molecule has 8 heteroatoms. The predicted octanol–water partition coefficient (Wildman–Crippen LogP) is 4.33. The molecule has 7 nitrogen and oxygen atoms in total. The van der Waals surface area contributed by atoms with E-state index in [1.165, 1.54) is 11.8 Å². The van der Waals surface area contributed by atoms with Gasteiger partial charge in [0, 0.05) is 0 Å². The highest BCUT2D eigenvalue weighted by atomic mass is 32.2. The third-order valence-electron chi connectivity index (χ3n) is 4.01. The first-order valence-corrected chi connectivity index (χ1v) is 11.8. The van der Waals surface area contributed by atoms with Crippen LogP contribution in [-0.2, 0) is 30.4 Å². The molecular weight excluding hydrogens is 418 g/mol. The van der Waals surface area contributed by atoms with E-state index < -0.39 is 35.8 Å². The normalized spacial score (nSPS) is 13.3. The van der Waals surface area contributed by atoms with Crippen LogP contribution in [0.1, 0.15) is 53.0 Å². The second kappa shape index (κ2) is 13.2. The maximum absolute atomic E-state index is 12.8. The minimum absolute atomic E-state index is 0.0881. The van der Waals surface area contributed by atoms with E-state index in [4.69, 9.17) is 14.2 Å². The number of esters is 2. The molecule has 1 aromatic carbocycles. The van der Waals surface area contributed by atoms with E-state index >= 15 is 0 Å². The SMILES string of the molecule is CSCC[C@H](NC(=O)OCc1ccccc1)C(=O)O[C@@H](CC(C)C)C(=O)OC(C)(C)C. The summed E-state index contributed by atoms with van der Waals surface area (Å²) in [7, 11) is 0. The van der Waals surface area contributed by atoms with Crippen LogP contribution in [-0.4, -0.2) is 47.8 Å². The third-order valence-corrected chi connectivity index (χ3v) is 4.66. The summed E-state index contributed by atoms with van der Waals surface area (Å²) in [6.45, 7) is 9.20. The van der Waals surface area contributed by atoms with E-state index in [1.54, 1.807) is 20.8 Å². The zero-order valence-corrected chi connectivity index (χ0v) is 20.1. The van der Waals surface area contributed by atoms with E-state index in [1.807, 2.05) is 50.4 Å². The number of nitrogens with one attached hydrogen (secondary N) is 1. The van der Waals surface area contributed by atoms with Crippen molar-refractivity contribution in [2.45, 2.75) is 71.8 Å². The molecular formula is C23H35NO6S. The summed E-state index contributed by atoms with van der Waals surface area (Å²) in [5.74, 6) is -0.536. The van der Waals surface area contributed by atoms with Crippen LogP contribution in [0.3, 0.4) is 0 Å². The number of ether oxygens (including phenoxy) is 3. The standard InChI is InChI=1S/C23H35NO6S/c1-16(2)14-19(21(26)30-23(3,4)5)29-20(25)18(12-13-31-6)24-22(27)28-15-17-10-8-7-9-11-17/h7-11,16,18-19H,12-15H2,1-6H3,(H,24,27)/t18-,19-/m0/s1. The molecule has 1 N–H and O–H groups in total. The van der Waals surface area contributed by atoms with Gasteiger partial charge < -0.3 is 19.5 Å². The Balaban J connectivity index is 2.78. The molecule has 0 spiro atoms. The lowest BCUT2D eigenvalue weighted by Gasteiger charge is -2.26. The fourth-order valence-corrected chi connectivity index (χ4v) is 3.07. The molecule has 1 rings (SSSR count). The number of benzene rings is 1. The highest BCUT2D eigenvalue weighted by molar-refractivity contribution is 7.98. The fourth-order valence-electron chi connectivity index (χ4n) is 2.60. The molecule has 0 aliphatic carbocycles. The molecule has 0 aliphatic rings. The molecule has 31 heavy (non-hydrogen) atoms. The minimum atomic E-state index is -1.04. The van der Waals surface area contributed by atoms with Crippen molar-refractivity contribution in [2.75, 3.05) is 12.0 Å². The first-order valence-electron chi connectivity index (χ1n) is 10.4. The Labute approximate surface area is 189 Å². The predicted molar refractivity (Wildman–Crippen MR) is 122 cm³/mol. The van der Waals surface area contributed by atoms with Crippen LogP contribution in [0, 0.1) is 5.92 Å². The van der Waals surface area contributed by atoms with Gasteiger partial charge >= 0.3 is 18.0 Å². The fraction of sp³-hybridized carbons (Fsp3) is 0.609. The number of amides is 1. The molecule has 0 unspecified atom stereocenters. The number of thioether (sulfide) groups is 1. The van der Waals surface area contributed by atoms with Crippen molar-refractivity contribution in [1.29, 1.82) is 0 Å². The van der Waals surface area contributed by atoms with Crippen LogP contribution in [0.2, 0.25) is 0 Å². The van der Waals surface area contributed by atoms with Gasteiger partial charge in [0.05, 0.1) is 0 Å². The molecule has 174 valence electrons. The smallest absolute Gasteiger partial charge is 0.408 e. The highest BCUT2D eigenvalue weighted by Gasteiger charge is 2.32. The highest BCUT2D eigenvalue weighted by Crippen LogP contribution is 2.17. The van der Waals surface area contributed by atoms with Crippen molar-refractivity contribution >= 4 is 29.8 Å². The Morgan fingerprint density at radius 3 is 2.26 bits per heavy atom. The summed E-state index contributed by atoms with van der Waals surface area (Å²) in [5.41, 5.74) is 0.138. The lowest BCUT2D eigenvalue weighted by Crippen LogP contribution is -2.45. The summed E-state index contributed by atoms with van der Waals surface area (Å²) in [4.78, 5) is 37.6. The lowest BCUT2D eigenvalue weighted by atomic mass is 10.1. The average Bonchev–Trinajstić information content (AvgIpc) is 2.68. The third kappa shape index (κ3) is 11.7. The first-order chi connectivity index (χ1) is 14.5. The first kappa shape index (κ1) is 26.8. The van der Waals surface area contributed by atoms with Gasteiger partial charge in [-0.15, -0.1) is 0 Å². The van der Waals surface area contributed by atoms with E-state index in [0.717, 1.165) is 5.56 Å². The molecule has 2 atom stereocenters. The van der Waals surface area contributed by atoms with Crippen molar-refractivity contribution < 1.29 is 28.6 Å². The van der Waals surface area contributed by atoms with Gasteiger partial charge in [0.2, 0.25) is 0 Å². The van der Waals surface area contributed by atoms with Crippen molar-refractivity contribution in [1.82, 2.24) is 5.32 Å². The topological polar surface area (TPSA) is 90.9 Å². The Kier molecular flexibility index (Phi) is 11.5. The Hall–Kier alpha value is -2.22. The van der Waals surface area contributed by atoms with E-state index in [-0.39, 0.29) is 12.5 Å². The number of carbonyl (C=O) groups is 3. The molecule has 0 saturated carbocycles. The van der Waals surface area contributed by atoms with Crippen molar-refractivity contribution in [3.63, 3.8) is 0 Å². The second-order valence-corrected chi connectivity index (χ2v) is 9.61. The maximum atomic E-state index is 12.8. The maximum Gasteiger partial charge on any atom is 0.408 e. The van der Waals surface area contributed by atoms with Gasteiger partial charge in [-0.1, -0.05) is 44.2 Å². The van der Waals surface area contributed by atoms with E-state index in [0.29, 0.717) is 18.6 Å². The molecule has 0 fully saturated rings. The van der Waals surface area contributed by atoms with Crippen LogP contribution in [0.5, 0.6) is 0 Å². The molecule has 0 aromatic heterocycles. The quantitative estimate of drug-likeness (QED) is 0.394. The molecule has 0 heterocycles. The summed E-state index contributed by atoms with van der Waals surface area (Å²) in [6.07, 6.45) is 0.825. The van der Waals surface area contributed by atoms with Crippen LogP contribution < -0.4 is 5.32 Å². The zero-order valence-electron chi connectivity index (χ0n) is 19.3. The molecule has 0 aliphatic heterocycles. The van der Waals surface area contributed by atoms with Gasteiger partial charge in [-0.25, -0.2) is 14.4 Å². The largest absolute Gasteiger partial charge is 0.457 e. The Bertz CT molecular complexity index is 702. The summed E-state index contributed by atoms with van der Waals surface area (Å²) >= 11 is 1.54. The summed E-state index contributed by atoms with van der Waals surface area (Å²) in [5, 5.41) is 2.57. The second-order valence-electron chi connectivity index (χ2n) is 8.63. The number of alkyl carbamates (subject to hydrolysis) is 1. The van der Waals surface area contributed by atoms with E-state index in [2.05, 4.69) is 5.32 Å². The van der Waals surface area contributed by atoms with Gasteiger partial charge in [0.15, 0.2) is 6.10 Å². The van der Waals surface area contributed by atoms with Crippen molar-refractivity contribution in [2.24, 2.45) is 5.92 Å². The van der Waals surface area contributed by atoms with Gasteiger partial charge in [-0.3, -0.25) is 0 Å². The van der Waals surface area contributed by atoms with Crippen LogP contribution >= 0.6 is 11.8 Å². The lowest BCUT2D eigenvalue weighted by molar-refractivity contribution is -0.177. The van der Waals surface area contributed by atoms with Crippen LogP contribution in [0.15, 0.2) is 30.3 Å². The Morgan fingerprint density at radius 1 is 1.06 bits per heavy atom. The molecule has 0 saturated heterocycles. The Morgan fingerprint density at radius 2 is 1.71 bits per heavy atom. The van der Waals surface area contributed by atoms with Gasteiger partial charge in [-0.2, -0.15) is 11.8 Å². The van der Waals surface area contributed by atoms with Crippen molar-refractivity contribution in [3.8, 4) is 0 Å². The summed E-state index contributed by atoms with van der Waals surface area (Å²) < 4.78 is 16.1. The monoisotopic (exact) mass is 453 g/mol. The molecule has 0 bridgehead atoms. The van der Waals surface area contributed by atoms with Crippen molar-refractivity contribution in [3.05, 3.63) is 35.9 Å². The molecule has 1 aromatic rings. The summed E-state index contributed by atoms with van der Waals surface area (Å²) in [6, 6.07) is 8.32. The number of carbonyl (C=O) groups excluding carboxylic acids is 3. The minimum Gasteiger partial charge on any atom is -0.457 e. The van der Waals surface area contributed by atoms with Gasteiger partial charge in [-0.05, 0) is 57.1 Å². The average molecular weight is 454 g/mol. The van der Waals surface area contributed by atoms with Gasteiger partial charge in [0.25, 0.3) is 0 Å². The molecule has 1 amide bonds. The zero-order chi connectivity index (χ0) is 23.4. The number of rotatable bonds is 11. The van der Waals surface area contributed by atoms with Crippen LogP contribution in [0.4, 0.5) is 4.79 Å². The number of hydrogen-bond donors (Lipinski definition) is 1. The van der Waals surface area contributed by atoms with E-state index in [9.17, 15) is 14.4 Å². The van der Waals surface area contributed by atoms with Gasteiger partial charge in [0.1, 0.15) is 18.2 Å².